The molecule has 3 rings (SSSR count). The Morgan fingerprint density at radius 2 is 1.90 bits per heavy atom. The summed E-state index contributed by atoms with van der Waals surface area (Å²) in [6, 6.07) is 7.07. The van der Waals surface area contributed by atoms with Crippen LogP contribution in [-0.2, 0) is 19.0 Å². The first-order chi connectivity index (χ1) is 9.47. The molecule has 1 aromatic heterocycles. The van der Waals surface area contributed by atoms with E-state index in [4.69, 9.17) is 0 Å². The van der Waals surface area contributed by atoms with E-state index in [9.17, 15) is 18.3 Å². The predicted octanol–water partition coefficient (Wildman–Crippen LogP) is 4.34. The Balaban J connectivity index is 2.00. The van der Waals surface area contributed by atoms with Crippen molar-refractivity contribution in [2.75, 3.05) is 0 Å². The van der Waals surface area contributed by atoms with Crippen molar-refractivity contribution in [1.82, 2.24) is 0 Å². The number of aryl methyl sites for hydroxylation is 2. The molecule has 1 aliphatic carbocycles. The minimum Gasteiger partial charge on any atom is -0.383 e. The summed E-state index contributed by atoms with van der Waals surface area (Å²) in [5.41, 5.74) is 0.342. The van der Waals surface area contributed by atoms with Gasteiger partial charge in [0.2, 0.25) is 0 Å². The zero-order valence-corrected chi connectivity index (χ0v) is 11.4. The van der Waals surface area contributed by atoms with Gasteiger partial charge in [-0.15, -0.1) is 11.3 Å². The van der Waals surface area contributed by atoms with Crippen LogP contribution < -0.4 is 0 Å². The highest BCUT2D eigenvalue weighted by molar-refractivity contribution is 7.12. The van der Waals surface area contributed by atoms with Crippen LogP contribution in [0.4, 0.5) is 13.2 Å². The lowest BCUT2D eigenvalue weighted by atomic mass is 10.0. The van der Waals surface area contributed by atoms with Crippen LogP contribution in [0.2, 0.25) is 0 Å². The monoisotopic (exact) mass is 298 g/mol. The lowest BCUT2D eigenvalue weighted by molar-refractivity contribution is -0.138. The third-order valence-corrected chi connectivity index (χ3v) is 4.89. The number of thiophene rings is 1. The van der Waals surface area contributed by atoms with Crippen LogP contribution in [0.5, 0.6) is 0 Å². The minimum absolute atomic E-state index is 0.0695. The number of aliphatic hydroxyl groups excluding tert-OH is 1. The lowest BCUT2D eigenvalue weighted by Crippen LogP contribution is -2.12. The van der Waals surface area contributed by atoms with Crippen LogP contribution in [0.25, 0.3) is 0 Å². The number of fused-ring (bicyclic) bond motifs is 1. The normalized spacial score (nSPS) is 16.2. The van der Waals surface area contributed by atoms with Crippen molar-refractivity contribution in [1.29, 1.82) is 0 Å². The Morgan fingerprint density at radius 1 is 1.15 bits per heavy atom. The predicted molar refractivity (Wildman–Crippen MR) is 71.8 cm³/mol. The molecule has 5 heteroatoms. The average Bonchev–Trinajstić information content (AvgIpc) is 2.97. The van der Waals surface area contributed by atoms with Gasteiger partial charge in [-0.2, -0.15) is 13.2 Å². The zero-order chi connectivity index (χ0) is 14.3. The van der Waals surface area contributed by atoms with Gasteiger partial charge in [0.05, 0.1) is 5.56 Å². The number of hydrogen-bond donors (Lipinski definition) is 1. The number of halogens is 3. The van der Waals surface area contributed by atoms with Crippen LogP contribution >= 0.6 is 11.3 Å². The maximum atomic E-state index is 13.0. The zero-order valence-electron chi connectivity index (χ0n) is 10.6. The van der Waals surface area contributed by atoms with Crippen molar-refractivity contribution in [3.8, 4) is 0 Å². The highest BCUT2D eigenvalue weighted by Crippen LogP contribution is 2.40. The van der Waals surface area contributed by atoms with E-state index in [1.165, 1.54) is 40.0 Å². The molecule has 0 aliphatic heterocycles. The molecule has 0 saturated carbocycles. The van der Waals surface area contributed by atoms with Gasteiger partial charge in [0.25, 0.3) is 0 Å². The molecular formula is C15H13F3OS. The van der Waals surface area contributed by atoms with Gasteiger partial charge in [-0.05, 0) is 42.5 Å². The summed E-state index contributed by atoms with van der Waals surface area (Å²) in [5.74, 6) is 0. The molecule has 0 bridgehead atoms. The molecule has 1 aliphatic rings. The molecule has 2 aromatic rings. The standard InChI is InChI=1S/C15H13F3OS/c16-15(17,18)11-6-2-1-5-10(11)14(19)13-8-9-4-3-7-12(9)20-13/h1-2,5-6,8,14,19H,3-4,7H2. The smallest absolute Gasteiger partial charge is 0.383 e. The van der Waals surface area contributed by atoms with E-state index in [1.807, 2.05) is 6.07 Å². The summed E-state index contributed by atoms with van der Waals surface area (Å²) in [5, 5.41) is 10.3. The Bertz CT molecular complexity index is 609. The molecule has 1 N–H and O–H groups in total. The molecule has 1 aromatic carbocycles. The number of hydrogen-bond acceptors (Lipinski definition) is 2. The van der Waals surface area contributed by atoms with Crippen molar-refractivity contribution in [3.63, 3.8) is 0 Å². The quantitative estimate of drug-likeness (QED) is 0.874. The number of benzene rings is 1. The summed E-state index contributed by atoms with van der Waals surface area (Å²) < 4.78 is 38.9. The molecule has 106 valence electrons. The molecule has 1 atom stereocenters. The second-order valence-electron chi connectivity index (χ2n) is 4.94. The molecule has 1 unspecified atom stereocenters. The fourth-order valence-electron chi connectivity index (χ4n) is 2.63. The Morgan fingerprint density at radius 3 is 2.60 bits per heavy atom. The summed E-state index contributed by atoms with van der Waals surface area (Å²) in [7, 11) is 0. The first kappa shape index (κ1) is 13.6. The third-order valence-electron chi connectivity index (χ3n) is 3.60. The summed E-state index contributed by atoms with van der Waals surface area (Å²) in [4.78, 5) is 1.80. The van der Waals surface area contributed by atoms with E-state index in [0.29, 0.717) is 4.88 Å². The van der Waals surface area contributed by atoms with Gasteiger partial charge in [-0.1, -0.05) is 18.2 Å². The Hall–Kier alpha value is -1.33. The van der Waals surface area contributed by atoms with E-state index in [2.05, 4.69) is 0 Å². The van der Waals surface area contributed by atoms with E-state index < -0.39 is 17.8 Å². The fourth-order valence-corrected chi connectivity index (χ4v) is 3.90. The lowest BCUT2D eigenvalue weighted by Gasteiger charge is -2.16. The topological polar surface area (TPSA) is 20.2 Å². The molecule has 0 spiro atoms. The van der Waals surface area contributed by atoms with Crippen LogP contribution in [-0.4, -0.2) is 5.11 Å². The molecular weight excluding hydrogens is 285 g/mol. The molecule has 0 saturated heterocycles. The highest BCUT2D eigenvalue weighted by atomic mass is 32.1. The van der Waals surface area contributed by atoms with E-state index in [-0.39, 0.29) is 5.56 Å². The molecule has 1 heterocycles. The maximum absolute atomic E-state index is 13.0. The van der Waals surface area contributed by atoms with Gasteiger partial charge in [0.15, 0.2) is 0 Å². The molecule has 0 amide bonds. The molecule has 0 fully saturated rings. The first-order valence-corrected chi connectivity index (χ1v) is 7.24. The number of rotatable bonds is 2. The van der Waals surface area contributed by atoms with Crippen LogP contribution in [0.1, 0.15) is 39.0 Å². The van der Waals surface area contributed by atoms with Gasteiger partial charge < -0.3 is 5.11 Å². The largest absolute Gasteiger partial charge is 0.416 e. The fraction of sp³-hybridized carbons (Fsp3) is 0.333. The van der Waals surface area contributed by atoms with Crippen molar-refractivity contribution >= 4 is 11.3 Å². The summed E-state index contributed by atoms with van der Waals surface area (Å²) in [6.07, 6.45) is -2.63. The summed E-state index contributed by atoms with van der Waals surface area (Å²) in [6.45, 7) is 0. The average molecular weight is 298 g/mol. The van der Waals surface area contributed by atoms with Crippen LogP contribution in [0, 0.1) is 0 Å². The van der Waals surface area contributed by atoms with Crippen molar-refractivity contribution < 1.29 is 18.3 Å². The van der Waals surface area contributed by atoms with E-state index in [0.717, 1.165) is 25.3 Å². The highest BCUT2D eigenvalue weighted by Gasteiger charge is 2.35. The van der Waals surface area contributed by atoms with Gasteiger partial charge in [0.1, 0.15) is 6.10 Å². The van der Waals surface area contributed by atoms with E-state index in [1.54, 1.807) is 0 Å². The third kappa shape index (κ3) is 2.36. The van der Waals surface area contributed by atoms with Gasteiger partial charge in [-0.25, -0.2) is 0 Å². The number of aliphatic hydroxyl groups is 1. The van der Waals surface area contributed by atoms with Crippen LogP contribution in [0.3, 0.4) is 0 Å². The number of alkyl halides is 3. The van der Waals surface area contributed by atoms with E-state index >= 15 is 0 Å². The van der Waals surface area contributed by atoms with Gasteiger partial charge in [-0.3, -0.25) is 0 Å². The Labute approximate surface area is 118 Å². The molecule has 20 heavy (non-hydrogen) atoms. The van der Waals surface area contributed by atoms with Gasteiger partial charge >= 0.3 is 6.18 Å². The second-order valence-corrected chi connectivity index (χ2v) is 6.11. The van der Waals surface area contributed by atoms with Gasteiger partial charge in [0, 0.05) is 9.75 Å². The first-order valence-electron chi connectivity index (χ1n) is 6.42. The molecule has 0 radical (unpaired) electrons. The van der Waals surface area contributed by atoms with Crippen molar-refractivity contribution in [2.45, 2.75) is 31.5 Å². The maximum Gasteiger partial charge on any atom is 0.416 e. The molecule has 1 nitrogen and oxygen atoms in total. The van der Waals surface area contributed by atoms with Crippen molar-refractivity contribution in [2.24, 2.45) is 0 Å². The van der Waals surface area contributed by atoms with Crippen molar-refractivity contribution in [3.05, 3.63) is 56.8 Å². The van der Waals surface area contributed by atoms with Crippen LogP contribution in [0.15, 0.2) is 30.3 Å². The Kier molecular flexibility index (Phi) is 3.34. The minimum atomic E-state index is -4.45. The second kappa shape index (κ2) is 4.90. The SMILES string of the molecule is OC(c1cc2c(s1)CCC2)c1ccccc1C(F)(F)F. The summed E-state index contributed by atoms with van der Waals surface area (Å²) >= 11 is 1.43.